The Bertz CT molecular complexity index is 282. The van der Waals surface area contributed by atoms with Crippen molar-refractivity contribution < 1.29 is 15.0 Å². The highest BCUT2D eigenvalue weighted by atomic mass is 16.4. The smallest absolute Gasteiger partial charge is 0.306 e. The second-order valence-electron chi connectivity index (χ2n) is 3.24. The van der Waals surface area contributed by atoms with Crippen LogP contribution in [-0.4, -0.2) is 22.8 Å². The molecule has 0 heterocycles. The molecule has 0 aliphatic heterocycles. The van der Waals surface area contributed by atoms with E-state index in [2.05, 4.69) is 0 Å². The van der Waals surface area contributed by atoms with Crippen molar-refractivity contribution in [3.05, 3.63) is 35.9 Å². The number of carboxylic acid groups (broad SMARTS) is 1. The van der Waals surface area contributed by atoms with E-state index in [0.717, 1.165) is 5.56 Å². The molecule has 1 aromatic rings. The molecule has 3 heteroatoms. The fourth-order valence-electron chi connectivity index (χ4n) is 1.37. The van der Waals surface area contributed by atoms with E-state index < -0.39 is 11.9 Å². The summed E-state index contributed by atoms with van der Waals surface area (Å²) >= 11 is 0. The van der Waals surface area contributed by atoms with E-state index in [-0.39, 0.29) is 6.61 Å². The Balaban J connectivity index is 2.60. The Morgan fingerprint density at radius 1 is 1.29 bits per heavy atom. The molecule has 1 atom stereocenters. The van der Waals surface area contributed by atoms with Gasteiger partial charge in [-0.3, -0.25) is 4.79 Å². The van der Waals surface area contributed by atoms with Gasteiger partial charge >= 0.3 is 5.97 Å². The maximum absolute atomic E-state index is 10.8. The van der Waals surface area contributed by atoms with E-state index in [4.69, 9.17) is 10.2 Å². The Morgan fingerprint density at radius 2 is 1.93 bits per heavy atom. The molecule has 1 aromatic carbocycles. The van der Waals surface area contributed by atoms with E-state index in [1.807, 2.05) is 30.3 Å². The summed E-state index contributed by atoms with van der Waals surface area (Å²) < 4.78 is 0. The molecule has 0 spiro atoms. The molecule has 0 unspecified atom stereocenters. The Labute approximate surface area is 83.0 Å². The van der Waals surface area contributed by atoms with Crippen molar-refractivity contribution in [2.75, 3.05) is 6.61 Å². The van der Waals surface area contributed by atoms with Crippen molar-refractivity contribution in [2.45, 2.75) is 12.8 Å². The van der Waals surface area contributed by atoms with Gasteiger partial charge in [-0.2, -0.15) is 0 Å². The highest BCUT2D eigenvalue weighted by Gasteiger charge is 2.16. The third kappa shape index (κ3) is 3.18. The first kappa shape index (κ1) is 10.7. The summed E-state index contributed by atoms with van der Waals surface area (Å²) in [5.41, 5.74) is 0.994. The molecule has 0 aromatic heterocycles. The van der Waals surface area contributed by atoms with Crippen LogP contribution < -0.4 is 0 Å². The van der Waals surface area contributed by atoms with Crippen LogP contribution in [0.15, 0.2) is 30.3 Å². The average molecular weight is 194 g/mol. The van der Waals surface area contributed by atoms with Crippen molar-refractivity contribution in [1.29, 1.82) is 0 Å². The number of rotatable bonds is 5. The zero-order chi connectivity index (χ0) is 10.4. The first-order valence-corrected chi connectivity index (χ1v) is 4.61. The van der Waals surface area contributed by atoms with Gasteiger partial charge in [0.25, 0.3) is 0 Å². The fourth-order valence-corrected chi connectivity index (χ4v) is 1.37. The molecule has 2 N–H and O–H groups in total. The maximum atomic E-state index is 10.8. The molecule has 0 bridgehead atoms. The molecule has 0 radical (unpaired) electrons. The van der Waals surface area contributed by atoms with Gasteiger partial charge in [0.1, 0.15) is 0 Å². The second kappa shape index (κ2) is 5.40. The second-order valence-corrected chi connectivity index (χ2v) is 3.24. The molecule has 14 heavy (non-hydrogen) atoms. The van der Waals surface area contributed by atoms with Crippen LogP contribution in [0.4, 0.5) is 0 Å². The zero-order valence-electron chi connectivity index (χ0n) is 7.89. The lowest BCUT2D eigenvalue weighted by Gasteiger charge is -2.10. The third-order valence-corrected chi connectivity index (χ3v) is 2.15. The summed E-state index contributed by atoms with van der Waals surface area (Å²) in [6.45, 7) is -0.0796. The van der Waals surface area contributed by atoms with Crippen LogP contribution >= 0.6 is 0 Å². The summed E-state index contributed by atoms with van der Waals surface area (Å²) in [5.74, 6) is -1.33. The van der Waals surface area contributed by atoms with Crippen LogP contribution in [0.3, 0.4) is 0 Å². The molecule has 0 aliphatic rings. The van der Waals surface area contributed by atoms with Gasteiger partial charge in [0.2, 0.25) is 0 Å². The SMILES string of the molecule is O=C(O)[C@H](CCO)Cc1ccccc1. The maximum Gasteiger partial charge on any atom is 0.306 e. The van der Waals surface area contributed by atoms with Crippen LogP contribution in [-0.2, 0) is 11.2 Å². The van der Waals surface area contributed by atoms with E-state index in [1.54, 1.807) is 0 Å². The van der Waals surface area contributed by atoms with Crippen LogP contribution in [0.5, 0.6) is 0 Å². The summed E-state index contributed by atoms with van der Waals surface area (Å²) in [6, 6.07) is 9.45. The predicted octanol–water partition coefficient (Wildman–Crippen LogP) is 1.31. The molecule has 1 rings (SSSR count). The molecule has 3 nitrogen and oxygen atoms in total. The van der Waals surface area contributed by atoms with E-state index >= 15 is 0 Å². The normalized spacial score (nSPS) is 12.4. The van der Waals surface area contributed by atoms with Crippen LogP contribution in [0, 0.1) is 5.92 Å². The number of hydrogen-bond acceptors (Lipinski definition) is 2. The van der Waals surface area contributed by atoms with E-state index in [9.17, 15) is 4.79 Å². The zero-order valence-corrected chi connectivity index (χ0v) is 7.89. The largest absolute Gasteiger partial charge is 0.481 e. The van der Waals surface area contributed by atoms with Gasteiger partial charge in [-0.15, -0.1) is 0 Å². The summed E-state index contributed by atoms with van der Waals surface area (Å²) in [7, 11) is 0. The number of benzene rings is 1. The highest BCUT2D eigenvalue weighted by molar-refractivity contribution is 5.70. The van der Waals surface area contributed by atoms with Crippen LogP contribution in [0.1, 0.15) is 12.0 Å². The molecule has 0 saturated heterocycles. The quantitative estimate of drug-likeness (QED) is 0.743. The lowest BCUT2D eigenvalue weighted by molar-refractivity contribution is -0.142. The predicted molar refractivity (Wildman–Crippen MR) is 53.0 cm³/mol. The highest BCUT2D eigenvalue weighted by Crippen LogP contribution is 2.12. The molecule has 76 valence electrons. The third-order valence-electron chi connectivity index (χ3n) is 2.15. The Morgan fingerprint density at radius 3 is 2.43 bits per heavy atom. The first-order valence-electron chi connectivity index (χ1n) is 4.61. The minimum atomic E-state index is -0.845. The fraction of sp³-hybridized carbons (Fsp3) is 0.364. The van der Waals surface area contributed by atoms with Gasteiger partial charge in [0, 0.05) is 6.61 Å². The first-order chi connectivity index (χ1) is 6.74. The van der Waals surface area contributed by atoms with Gasteiger partial charge in [0.15, 0.2) is 0 Å². The molecular weight excluding hydrogens is 180 g/mol. The standard InChI is InChI=1S/C11H14O3/c12-7-6-10(11(13)14)8-9-4-2-1-3-5-9/h1-5,10,12H,6-8H2,(H,13,14)/t10-/m1/s1. The molecule has 0 saturated carbocycles. The lowest BCUT2D eigenvalue weighted by Crippen LogP contribution is -2.17. The molecule has 0 amide bonds. The van der Waals surface area contributed by atoms with Crippen molar-refractivity contribution >= 4 is 5.97 Å². The van der Waals surface area contributed by atoms with Crippen molar-refractivity contribution in [3.8, 4) is 0 Å². The topological polar surface area (TPSA) is 57.5 Å². The van der Waals surface area contributed by atoms with Gasteiger partial charge in [0.05, 0.1) is 5.92 Å². The minimum absolute atomic E-state index is 0.0796. The van der Waals surface area contributed by atoms with Crippen LogP contribution in [0.25, 0.3) is 0 Å². The van der Waals surface area contributed by atoms with E-state index in [0.29, 0.717) is 12.8 Å². The number of aliphatic hydroxyl groups is 1. The van der Waals surface area contributed by atoms with Gasteiger partial charge in [-0.25, -0.2) is 0 Å². The minimum Gasteiger partial charge on any atom is -0.481 e. The molecule has 0 fully saturated rings. The molecular formula is C11H14O3. The summed E-state index contributed by atoms with van der Waals surface area (Å²) in [5, 5.41) is 17.6. The van der Waals surface area contributed by atoms with Gasteiger partial charge in [-0.1, -0.05) is 30.3 Å². The Hall–Kier alpha value is -1.35. The van der Waals surface area contributed by atoms with Crippen molar-refractivity contribution in [3.63, 3.8) is 0 Å². The average Bonchev–Trinajstić information content (AvgIpc) is 2.18. The van der Waals surface area contributed by atoms with Gasteiger partial charge < -0.3 is 10.2 Å². The number of carbonyl (C=O) groups is 1. The molecule has 0 aliphatic carbocycles. The number of carboxylic acids is 1. The van der Waals surface area contributed by atoms with Gasteiger partial charge in [-0.05, 0) is 18.4 Å². The number of aliphatic carboxylic acids is 1. The van der Waals surface area contributed by atoms with E-state index in [1.165, 1.54) is 0 Å². The van der Waals surface area contributed by atoms with Crippen LogP contribution in [0.2, 0.25) is 0 Å². The van der Waals surface area contributed by atoms with Crippen molar-refractivity contribution in [1.82, 2.24) is 0 Å². The lowest BCUT2D eigenvalue weighted by atomic mass is 9.97. The van der Waals surface area contributed by atoms with Crippen molar-refractivity contribution in [2.24, 2.45) is 5.92 Å². The monoisotopic (exact) mass is 194 g/mol. The number of aliphatic hydroxyl groups excluding tert-OH is 1. The summed E-state index contributed by atoms with van der Waals surface area (Å²) in [6.07, 6.45) is 0.793. The Kier molecular flexibility index (Phi) is 4.13. The number of hydrogen-bond donors (Lipinski definition) is 2. The summed E-state index contributed by atoms with van der Waals surface area (Å²) in [4.78, 5) is 10.8.